The largest absolute Gasteiger partial charge is 0.326 e. The molecule has 0 aliphatic carbocycles. The first-order valence-electron chi connectivity index (χ1n) is 5.42. The summed E-state index contributed by atoms with van der Waals surface area (Å²) in [6.45, 7) is 2.80. The number of sulfonamides is 1. The molecule has 0 spiro atoms. The van der Waals surface area contributed by atoms with Gasteiger partial charge in [-0.1, -0.05) is 24.6 Å². The van der Waals surface area contributed by atoms with E-state index in [2.05, 4.69) is 0 Å². The highest BCUT2D eigenvalue weighted by Gasteiger charge is 2.35. The van der Waals surface area contributed by atoms with Crippen molar-refractivity contribution in [1.82, 2.24) is 4.31 Å². The fraction of sp³-hybridized carbons (Fsp3) is 0.455. The van der Waals surface area contributed by atoms with E-state index >= 15 is 0 Å². The molecule has 1 aliphatic rings. The van der Waals surface area contributed by atoms with Crippen LogP contribution >= 0.6 is 11.6 Å². The lowest BCUT2D eigenvalue weighted by Crippen LogP contribution is -2.32. The van der Waals surface area contributed by atoms with E-state index in [9.17, 15) is 8.42 Å². The minimum atomic E-state index is -3.46. The normalized spacial score (nSPS) is 26.3. The van der Waals surface area contributed by atoms with Gasteiger partial charge in [0, 0.05) is 24.2 Å². The second-order valence-electron chi connectivity index (χ2n) is 4.42. The summed E-state index contributed by atoms with van der Waals surface area (Å²) < 4.78 is 26.0. The van der Waals surface area contributed by atoms with Crippen LogP contribution in [0.2, 0.25) is 5.02 Å². The van der Waals surface area contributed by atoms with E-state index < -0.39 is 10.0 Å². The Hall–Kier alpha value is -0.620. The molecule has 1 fully saturated rings. The first-order valence-corrected chi connectivity index (χ1v) is 7.24. The molecule has 0 bridgehead atoms. The Kier molecular flexibility index (Phi) is 3.45. The van der Waals surface area contributed by atoms with E-state index in [1.807, 2.05) is 6.92 Å². The maximum atomic E-state index is 12.3. The first kappa shape index (κ1) is 12.8. The topological polar surface area (TPSA) is 63.4 Å². The van der Waals surface area contributed by atoms with Crippen molar-refractivity contribution in [2.75, 3.05) is 13.1 Å². The third-order valence-corrected chi connectivity index (χ3v) is 5.13. The number of halogens is 1. The molecule has 6 heteroatoms. The molecule has 17 heavy (non-hydrogen) atoms. The molecular formula is C11H15ClN2O2S. The van der Waals surface area contributed by atoms with Crippen LogP contribution in [-0.2, 0) is 10.0 Å². The molecule has 1 aromatic rings. The Balaban J connectivity index is 2.32. The van der Waals surface area contributed by atoms with Crippen molar-refractivity contribution in [2.45, 2.75) is 17.9 Å². The monoisotopic (exact) mass is 274 g/mol. The van der Waals surface area contributed by atoms with Gasteiger partial charge in [0.1, 0.15) is 0 Å². The SMILES string of the molecule is CC1CN(S(=O)(=O)c2cccc(Cl)c2)CC1N. The lowest BCUT2D eigenvalue weighted by atomic mass is 10.1. The fourth-order valence-corrected chi connectivity index (χ4v) is 3.80. The average molecular weight is 275 g/mol. The zero-order chi connectivity index (χ0) is 12.6. The van der Waals surface area contributed by atoms with Crippen LogP contribution in [-0.4, -0.2) is 31.9 Å². The van der Waals surface area contributed by atoms with E-state index in [0.29, 0.717) is 18.1 Å². The van der Waals surface area contributed by atoms with Gasteiger partial charge in [0.2, 0.25) is 10.0 Å². The standard InChI is InChI=1S/C11H15ClN2O2S/c1-8-6-14(7-11(8)13)17(15,16)10-4-2-3-9(12)5-10/h2-5,8,11H,6-7,13H2,1H3. The predicted molar refractivity (Wildman–Crippen MR) is 67.4 cm³/mol. The minimum absolute atomic E-state index is 0.0936. The van der Waals surface area contributed by atoms with E-state index in [1.54, 1.807) is 18.2 Å². The van der Waals surface area contributed by atoms with Gasteiger partial charge in [-0.05, 0) is 24.1 Å². The molecule has 0 saturated carbocycles. The van der Waals surface area contributed by atoms with E-state index in [1.165, 1.54) is 10.4 Å². The Bertz CT molecular complexity index is 508. The molecule has 1 saturated heterocycles. The zero-order valence-corrected chi connectivity index (χ0v) is 11.1. The Morgan fingerprint density at radius 1 is 1.41 bits per heavy atom. The molecule has 1 aromatic carbocycles. The van der Waals surface area contributed by atoms with Gasteiger partial charge in [-0.15, -0.1) is 0 Å². The molecule has 1 heterocycles. The van der Waals surface area contributed by atoms with Crippen LogP contribution in [0.5, 0.6) is 0 Å². The second kappa shape index (κ2) is 4.57. The summed E-state index contributed by atoms with van der Waals surface area (Å²) in [6, 6.07) is 6.21. The lowest BCUT2D eigenvalue weighted by Gasteiger charge is -2.16. The van der Waals surface area contributed by atoms with Crippen molar-refractivity contribution < 1.29 is 8.42 Å². The summed E-state index contributed by atoms with van der Waals surface area (Å²) >= 11 is 5.81. The highest BCUT2D eigenvalue weighted by Crippen LogP contribution is 2.24. The molecule has 0 amide bonds. The molecule has 4 nitrogen and oxygen atoms in total. The quantitative estimate of drug-likeness (QED) is 0.884. The summed E-state index contributed by atoms with van der Waals surface area (Å²) in [5, 5.41) is 0.419. The number of hydrogen-bond donors (Lipinski definition) is 1. The maximum absolute atomic E-state index is 12.3. The number of benzene rings is 1. The van der Waals surface area contributed by atoms with Gasteiger partial charge in [-0.2, -0.15) is 4.31 Å². The van der Waals surface area contributed by atoms with E-state index in [4.69, 9.17) is 17.3 Å². The molecule has 0 aromatic heterocycles. The van der Waals surface area contributed by atoms with Gasteiger partial charge in [0.25, 0.3) is 0 Å². The molecular weight excluding hydrogens is 260 g/mol. The fourth-order valence-electron chi connectivity index (χ4n) is 1.92. The molecule has 0 radical (unpaired) electrons. The van der Waals surface area contributed by atoms with E-state index in [-0.39, 0.29) is 16.9 Å². The number of nitrogens with two attached hydrogens (primary N) is 1. The second-order valence-corrected chi connectivity index (χ2v) is 6.79. The van der Waals surface area contributed by atoms with Gasteiger partial charge in [0.05, 0.1) is 4.90 Å². The van der Waals surface area contributed by atoms with Crippen LogP contribution in [0.25, 0.3) is 0 Å². The van der Waals surface area contributed by atoms with Crippen LogP contribution in [0.1, 0.15) is 6.92 Å². The third kappa shape index (κ3) is 2.47. The Morgan fingerprint density at radius 3 is 2.65 bits per heavy atom. The molecule has 94 valence electrons. The molecule has 2 atom stereocenters. The highest BCUT2D eigenvalue weighted by atomic mass is 35.5. The van der Waals surface area contributed by atoms with Crippen LogP contribution < -0.4 is 5.73 Å². The lowest BCUT2D eigenvalue weighted by molar-refractivity contribution is 0.464. The third-order valence-electron chi connectivity index (χ3n) is 3.07. The number of nitrogens with zero attached hydrogens (tertiary/aromatic N) is 1. The first-order chi connectivity index (χ1) is 7.91. The summed E-state index contributed by atoms with van der Waals surface area (Å²) in [5.74, 6) is 0.184. The van der Waals surface area contributed by atoms with Gasteiger partial charge >= 0.3 is 0 Å². The molecule has 1 aliphatic heterocycles. The van der Waals surface area contributed by atoms with Crippen molar-refractivity contribution in [1.29, 1.82) is 0 Å². The van der Waals surface area contributed by atoms with Gasteiger partial charge < -0.3 is 5.73 Å². The highest BCUT2D eigenvalue weighted by molar-refractivity contribution is 7.89. The van der Waals surface area contributed by atoms with Crippen LogP contribution in [0.15, 0.2) is 29.2 Å². The van der Waals surface area contributed by atoms with Crippen LogP contribution in [0.3, 0.4) is 0 Å². The van der Waals surface area contributed by atoms with Crippen LogP contribution in [0.4, 0.5) is 0 Å². The molecule has 2 unspecified atom stereocenters. The van der Waals surface area contributed by atoms with Crippen LogP contribution in [0, 0.1) is 5.92 Å². The molecule has 2 rings (SSSR count). The maximum Gasteiger partial charge on any atom is 0.243 e. The molecule has 2 N–H and O–H groups in total. The van der Waals surface area contributed by atoms with Gasteiger partial charge in [-0.3, -0.25) is 0 Å². The van der Waals surface area contributed by atoms with Gasteiger partial charge in [-0.25, -0.2) is 8.42 Å². The summed E-state index contributed by atoms with van der Waals surface area (Å²) in [5.41, 5.74) is 5.84. The van der Waals surface area contributed by atoms with Gasteiger partial charge in [0.15, 0.2) is 0 Å². The number of rotatable bonds is 2. The minimum Gasteiger partial charge on any atom is -0.326 e. The summed E-state index contributed by atoms with van der Waals surface area (Å²) in [6.07, 6.45) is 0. The summed E-state index contributed by atoms with van der Waals surface area (Å²) in [4.78, 5) is 0.228. The van der Waals surface area contributed by atoms with Crippen molar-refractivity contribution in [3.8, 4) is 0 Å². The Morgan fingerprint density at radius 2 is 2.12 bits per heavy atom. The zero-order valence-electron chi connectivity index (χ0n) is 9.51. The van der Waals surface area contributed by atoms with Crippen molar-refractivity contribution in [2.24, 2.45) is 11.7 Å². The van der Waals surface area contributed by atoms with Crippen molar-refractivity contribution in [3.05, 3.63) is 29.3 Å². The van der Waals surface area contributed by atoms with Crippen molar-refractivity contribution in [3.63, 3.8) is 0 Å². The number of hydrogen-bond acceptors (Lipinski definition) is 3. The smallest absolute Gasteiger partial charge is 0.243 e. The van der Waals surface area contributed by atoms with Crippen molar-refractivity contribution >= 4 is 21.6 Å². The summed E-state index contributed by atoms with van der Waals surface area (Å²) in [7, 11) is -3.46. The average Bonchev–Trinajstić information content (AvgIpc) is 2.60. The Labute approximate surface area is 106 Å². The van der Waals surface area contributed by atoms with E-state index in [0.717, 1.165) is 0 Å². The predicted octanol–water partition coefficient (Wildman–Crippen LogP) is 1.31.